The predicted molar refractivity (Wildman–Crippen MR) is 110 cm³/mol. The van der Waals surface area contributed by atoms with Gasteiger partial charge in [-0.15, -0.1) is 0 Å². The Balaban J connectivity index is 1.83. The van der Waals surface area contributed by atoms with E-state index in [1.165, 1.54) is 12.1 Å². The molecule has 0 saturated carbocycles. The number of benzene rings is 1. The van der Waals surface area contributed by atoms with Crippen LogP contribution in [0.5, 0.6) is 5.75 Å². The molecule has 0 fully saturated rings. The van der Waals surface area contributed by atoms with Gasteiger partial charge in [0.25, 0.3) is 0 Å². The van der Waals surface area contributed by atoms with Gasteiger partial charge in [-0.2, -0.15) is 5.26 Å². The number of hydrogen-bond acceptors (Lipinski definition) is 7. The highest BCUT2D eigenvalue weighted by Gasteiger charge is 2.23. The molecule has 0 radical (unpaired) electrons. The molecule has 0 aliphatic carbocycles. The van der Waals surface area contributed by atoms with E-state index >= 15 is 0 Å². The maximum Gasteiger partial charge on any atom is 0.166 e. The van der Waals surface area contributed by atoms with Crippen LogP contribution in [0.15, 0.2) is 49.2 Å². The van der Waals surface area contributed by atoms with Crippen molar-refractivity contribution >= 4 is 5.82 Å². The topological polar surface area (TPSA) is 116 Å². The molecule has 4 heterocycles. The molecular weight excluding hydrogens is 397 g/mol. The smallest absolute Gasteiger partial charge is 0.166 e. The van der Waals surface area contributed by atoms with Crippen molar-refractivity contribution in [1.82, 2.24) is 24.5 Å². The van der Waals surface area contributed by atoms with Crippen LogP contribution in [0.3, 0.4) is 0 Å². The molecule has 9 heteroatoms. The zero-order chi connectivity index (χ0) is 21.5. The maximum atomic E-state index is 14.2. The summed E-state index contributed by atoms with van der Waals surface area (Å²) in [6.07, 6.45) is 5.77. The molecule has 2 bridgehead atoms. The number of imidazole rings is 1. The summed E-state index contributed by atoms with van der Waals surface area (Å²) in [4.78, 5) is 17.5. The molecule has 1 aliphatic heterocycles. The van der Waals surface area contributed by atoms with Gasteiger partial charge >= 0.3 is 0 Å². The standard InChI is InChI=1S/C22H16FN7O/c1-12-16-7-14(23)2-3-15(16)20-18(26-4-5-27-20)10-30-11-29-17(8-24)21(30)13-6-19(31-12)22(25)28-9-13/h2-7,9,11-12H,10H2,1H3,(H2,25,28)/t12-/m1/s1. The Morgan fingerprint density at radius 2 is 2.03 bits per heavy atom. The number of nitrogens with zero attached hydrogens (tertiary/aromatic N) is 6. The molecule has 0 saturated heterocycles. The Bertz CT molecular complexity index is 1360. The molecule has 0 unspecified atom stereocenters. The van der Waals surface area contributed by atoms with E-state index in [4.69, 9.17) is 10.5 Å². The fourth-order valence-corrected chi connectivity index (χ4v) is 3.77. The average molecular weight is 413 g/mol. The Morgan fingerprint density at radius 3 is 2.87 bits per heavy atom. The number of anilines is 1. The van der Waals surface area contributed by atoms with E-state index in [0.717, 1.165) is 0 Å². The molecule has 8 nitrogen and oxygen atoms in total. The second-order valence-electron chi connectivity index (χ2n) is 7.13. The molecule has 1 atom stereocenters. The number of nitrogens with two attached hydrogens (primary N) is 1. The molecule has 31 heavy (non-hydrogen) atoms. The largest absolute Gasteiger partial charge is 0.482 e. The minimum Gasteiger partial charge on any atom is -0.482 e. The van der Waals surface area contributed by atoms with Gasteiger partial charge in [0.2, 0.25) is 0 Å². The van der Waals surface area contributed by atoms with E-state index in [9.17, 15) is 9.65 Å². The first-order valence-corrected chi connectivity index (χ1v) is 9.52. The number of halogens is 1. The van der Waals surface area contributed by atoms with Crippen molar-refractivity contribution in [3.8, 4) is 34.3 Å². The number of pyridine rings is 1. The van der Waals surface area contributed by atoms with E-state index in [1.54, 1.807) is 48.5 Å². The van der Waals surface area contributed by atoms with Gasteiger partial charge in [-0.3, -0.25) is 9.97 Å². The lowest BCUT2D eigenvalue weighted by molar-refractivity contribution is 0.227. The van der Waals surface area contributed by atoms with Crippen LogP contribution in [0.25, 0.3) is 22.5 Å². The van der Waals surface area contributed by atoms with Gasteiger partial charge in [-0.1, -0.05) is 0 Å². The first-order chi connectivity index (χ1) is 15.0. The van der Waals surface area contributed by atoms with Crippen LogP contribution in [-0.4, -0.2) is 24.5 Å². The van der Waals surface area contributed by atoms with Gasteiger partial charge in [0, 0.05) is 35.3 Å². The van der Waals surface area contributed by atoms with Crippen LogP contribution >= 0.6 is 0 Å². The monoisotopic (exact) mass is 413 g/mol. The van der Waals surface area contributed by atoms with E-state index in [2.05, 4.69) is 26.0 Å². The van der Waals surface area contributed by atoms with Gasteiger partial charge in [0.1, 0.15) is 18.0 Å². The van der Waals surface area contributed by atoms with Crippen molar-refractivity contribution < 1.29 is 9.13 Å². The second kappa shape index (κ2) is 7.18. The first-order valence-electron chi connectivity index (χ1n) is 9.52. The highest BCUT2D eigenvalue weighted by atomic mass is 19.1. The summed E-state index contributed by atoms with van der Waals surface area (Å²) in [6, 6.07) is 8.30. The lowest BCUT2D eigenvalue weighted by atomic mass is 9.98. The number of ether oxygens (including phenoxy) is 1. The molecule has 2 N–H and O–H groups in total. The van der Waals surface area contributed by atoms with Crippen LogP contribution < -0.4 is 10.5 Å². The molecule has 1 aromatic carbocycles. The van der Waals surface area contributed by atoms with Crippen molar-refractivity contribution in [2.45, 2.75) is 19.6 Å². The van der Waals surface area contributed by atoms with Crippen LogP contribution in [0.2, 0.25) is 0 Å². The lowest BCUT2D eigenvalue weighted by Crippen LogP contribution is -2.12. The van der Waals surface area contributed by atoms with Crippen molar-refractivity contribution in [1.29, 1.82) is 5.26 Å². The van der Waals surface area contributed by atoms with Crippen LogP contribution in [-0.2, 0) is 6.54 Å². The molecule has 0 amide bonds. The van der Waals surface area contributed by atoms with Gasteiger partial charge in [0.05, 0.1) is 30.0 Å². The summed E-state index contributed by atoms with van der Waals surface area (Å²) in [5.74, 6) is 0.134. The maximum absolute atomic E-state index is 14.2. The zero-order valence-electron chi connectivity index (χ0n) is 16.5. The number of aromatic nitrogens is 5. The summed E-state index contributed by atoms with van der Waals surface area (Å²) < 4.78 is 22.1. The Hall–Kier alpha value is -4.32. The van der Waals surface area contributed by atoms with Crippen molar-refractivity contribution in [3.63, 3.8) is 0 Å². The lowest BCUT2D eigenvalue weighted by Gasteiger charge is -2.21. The molecule has 0 spiro atoms. The van der Waals surface area contributed by atoms with E-state index in [0.29, 0.717) is 46.1 Å². The highest BCUT2D eigenvalue weighted by Crippen LogP contribution is 2.36. The normalized spacial score (nSPS) is 14.7. The average Bonchev–Trinajstić information content (AvgIpc) is 3.17. The number of nitriles is 1. The third-order valence-corrected chi connectivity index (χ3v) is 5.20. The van der Waals surface area contributed by atoms with E-state index in [-0.39, 0.29) is 17.3 Å². The summed E-state index contributed by atoms with van der Waals surface area (Å²) in [5, 5.41) is 9.58. The van der Waals surface area contributed by atoms with Crippen molar-refractivity contribution in [2.24, 2.45) is 0 Å². The van der Waals surface area contributed by atoms with Crippen LogP contribution in [0, 0.1) is 17.1 Å². The fraction of sp³-hybridized carbons (Fsp3) is 0.136. The fourth-order valence-electron chi connectivity index (χ4n) is 3.77. The number of fused-ring (bicyclic) bond motifs is 7. The number of nitrogen functional groups attached to an aromatic ring is 1. The number of rotatable bonds is 0. The van der Waals surface area contributed by atoms with Crippen LogP contribution in [0.4, 0.5) is 10.2 Å². The summed E-state index contributed by atoms with van der Waals surface area (Å²) in [6.45, 7) is 2.11. The van der Waals surface area contributed by atoms with E-state index in [1.807, 2.05) is 0 Å². The molecule has 4 aromatic rings. The van der Waals surface area contributed by atoms with Gasteiger partial charge in [-0.25, -0.2) is 14.4 Å². The Morgan fingerprint density at radius 1 is 1.19 bits per heavy atom. The zero-order valence-corrected chi connectivity index (χ0v) is 16.5. The highest BCUT2D eigenvalue weighted by molar-refractivity contribution is 5.70. The minimum absolute atomic E-state index is 0.190. The Labute approximate surface area is 176 Å². The molecule has 1 aliphatic rings. The third-order valence-electron chi connectivity index (χ3n) is 5.20. The summed E-state index contributed by atoms with van der Waals surface area (Å²) >= 11 is 0. The van der Waals surface area contributed by atoms with Crippen LogP contribution in [0.1, 0.15) is 30.0 Å². The summed E-state index contributed by atoms with van der Waals surface area (Å²) in [5.41, 5.74) is 10.0. The Kier molecular flexibility index (Phi) is 4.33. The van der Waals surface area contributed by atoms with Crippen molar-refractivity contribution in [2.75, 3.05) is 5.73 Å². The van der Waals surface area contributed by atoms with Gasteiger partial charge < -0.3 is 15.0 Å². The SMILES string of the molecule is C[C@H]1Oc2cc(cnc2N)-c2c(C#N)ncn2Cc2nccnc2-c2ccc(F)cc21. The third kappa shape index (κ3) is 3.14. The van der Waals surface area contributed by atoms with E-state index < -0.39 is 6.10 Å². The first kappa shape index (κ1) is 18.7. The molecule has 5 rings (SSSR count). The molecular formula is C22H16FN7O. The molecule has 3 aromatic heterocycles. The number of hydrogen-bond donors (Lipinski definition) is 1. The van der Waals surface area contributed by atoms with Gasteiger partial charge in [-0.05, 0) is 31.2 Å². The second-order valence-corrected chi connectivity index (χ2v) is 7.13. The molecule has 152 valence electrons. The van der Waals surface area contributed by atoms with Crippen molar-refractivity contribution in [3.05, 3.63) is 72.0 Å². The van der Waals surface area contributed by atoms with Gasteiger partial charge in [0.15, 0.2) is 17.3 Å². The minimum atomic E-state index is -0.556. The predicted octanol–water partition coefficient (Wildman–Crippen LogP) is 3.50. The quantitative estimate of drug-likeness (QED) is 0.469. The summed E-state index contributed by atoms with van der Waals surface area (Å²) in [7, 11) is 0.